The minimum Gasteiger partial charge on any atom is -0.396 e. The second kappa shape index (κ2) is 4.54. The topological polar surface area (TPSA) is 102 Å². The zero-order chi connectivity index (χ0) is 13.3. The van der Waals surface area contributed by atoms with E-state index in [4.69, 9.17) is 15.0 Å². The molecule has 0 saturated carbocycles. The number of hydrogen-bond donors (Lipinski definition) is 2. The Kier molecular flexibility index (Phi) is 3.22. The molecule has 1 aromatic rings. The molecular formula is C10H14N2O5S. The summed E-state index contributed by atoms with van der Waals surface area (Å²) in [6, 6.07) is 3.18. The van der Waals surface area contributed by atoms with Gasteiger partial charge in [0.1, 0.15) is 0 Å². The quantitative estimate of drug-likeness (QED) is 0.751. The summed E-state index contributed by atoms with van der Waals surface area (Å²) in [7, 11) is -4.08. The summed E-state index contributed by atoms with van der Waals surface area (Å²) in [5.41, 5.74) is 6.35. The number of anilines is 2. The van der Waals surface area contributed by atoms with Crippen molar-refractivity contribution in [2.75, 3.05) is 30.3 Å². The second-order valence-corrected chi connectivity index (χ2v) is 4.86. The van der Waals surface area contributed by atoms with E-state index in [-0.39, 0.29) is 23.8 Å². The molecule has 0 atom stereocenters. The first-order chi connectivity index (χ1) is 8.48. The first-order valence-electron chi connectivity index (χ1n) is 5.40. The van der Waals surface area contributed by atoms with Crippen molar-refractivity contribution in [3.63, 3.8) is 0 Å². The maximum atomic E-state index is 11.3. The molecule has 2 rings (SSSR count). The molecule has 8 heteroatoms. The van der Waals surface area contributed by atoms with Crippen molar-refractivity contribution in [3.8, 4) is 11.5 Å². The van der Waals surface area contributed by atoms with Crippen molar-refractivity contribution >= 4 is 21.8 Å². The van der Waals surface area contributed by atoms with E-state index in [9.17, 15) is 8.42 Å². The Labute approximate surface area is 105 Å². The van der Waals surface area contributed by atoms with Gasteiger partial charge in [-0.2, -0.15) is 0 Å². The highest BCUT2D eigenvalue weighted by Gasteiger charge is 2.34. The summed E-state index contributed by atoms with van der Waals surface area (Å²) in [5.74, 6) is 0.0780. The van der Waals surface area contributed by atoms with Crippen LogP contribution in [0.2, 0.25) is 0 Å². The van der Waals surface area contributed by atoms with E-state index in [1.807, 2.05) is 6.92 Å². The lowest BCUT2D eigenvalue weighted by Gasteiger charge is -2.22. The van der Waals surface area contributed by atoms with Gasteiger partial charge >= 0.3 is 10.4 Å². The number of hydrogen-bond acceptors (Lipinski definition) is 7. The van der Waals surface area contributed by atoms with E-state index in [0.717, 1.165) is 0 Å². The van der Waals surface area contributed by atoms with Crippen LogP contribution >= 0.6 is 0 Å². The van der Waals surface area contributed by atoms with Crippen LogP contribution < -0.4 is 19.0 Å². The molecule has 18 heavy (non-hydrogen) atoms. The molecule has 1 aliphatic heterocycles. The average Bonchev–Trinajstić information content (AvgIpc) is 2.64. The third kappa shape index (κ3) is 2.16. The standard InChI is InChI=1S/C10H14N2O5S/c1-2-12(5-6-13)8-4-3-7(11)9-10(8)17-18(14,15)16-9/h3-4,13H,2,5-6,11H2,1H3. The van der Waals surface area contributed by atoms with E-state index < -0.39 is 10.4 Å². The van der Waals surface area contributed by atoms with E-state index in [2.05, 4.69) is 4.18 Å². The lowest BCUT2D eigenvalue weighted by atomic mass is 10.2. The van der Waals surface area contributed by atoms with Crippen molar-refractivity contribution < 1.29 is 21.9 Å². The van der Waals surface area contributed by atoms with Crippen molar-refractivity contribution in [3.05, 3.63) is 12.1 Å². The Hall–Kier alpha value is -1.67. The molecule has 1 heterocycles. The van der Waals surface area contributed by atoms with Crippen LogP contribution in [0.4, 0.5) is 11.4 Å². The van der Waals surface area contributed by atoms with Crippen LogP contribution in [0.25, 0.3) is 0 Å². The SMILES string of the molecule is CCN(CCO)c1ccc(N)c2c1OS(=O)(=O)O2. The number of likely N-dealkylation sites (N-methyl/N-ethyl adjacent to an activating group) is 1. The summed E-state index contributed by atoms with van der Waals surface area (Å²) < 4.78 is 32.0. The van der Waals surface area contributed by atoms with Gasteiger partial charge in [0.2, 0.25) is 11.5 Å². The van der Waals surface area contributed by atoms with Crippen LogP contribution in [0.5, 0.6) is 11.5 Å². The molecule has 3 N–H and O–H groups in total. The molecule has 0 aromatic heterocycles. The average molecular weight is 274 g/mol. The van der Waals surface area contributed by atoms with E-state index in [0.29, 0.717) is 18.8 Å². The number of nitrogen functional groups attached to an aromatic ring is 1. The normalized spacial score (nSPS) is 15.7. The third-order valence-electron chi connectivity index (χ3n) is 2.58. The van der Waals surface area contributed by atoms with E-state index in [1.54, 1.807) is 17.0 Å². The van der Waals surface area contributed by atoms with Gasteiger partial charge in [0.25, 0.3) is 0 Å². The highest BCUT2D eigenvalue weighted by Crippen LogP contribution is 2.47. The van der Waals surface area contributed by atoms with E-state index in [1.165, 1.54) is 0 Å². The fraction of sp³-hybridized carbons (Fsp3) is 0.400. The number of nitrogens with two attached hydrogens (primary N) is 1. The molecule has 1 aliphatic rings. The number of benzene rings is 1. The van der Waals surface area contributed by atoms with Crippen LogP contribution in [-0.2, 0) is 10.4 Å². The van der Waals surface area contributed by atoms with Crippen molar-refractivity contribution in [2.45, 2.75) is 6.92 Å². The summed E-state index contributed by atoms with van der Waals surface area (Å²) in [6.07, 6.45) is 0. The Morgan fingerprint density at radius 3 is 2.61 bits per heavy atom. The smallest absolute Gasteiger partial charge is 0.396 e. The molecule has 100 valence electrons. The molecule has 7 nitrogen and oxygen atoms in total. The summed E-state index contributed by atoms with van der Waals surface area (Å²) in [6.45, 7) is 2.76. The molecule has 0 aliphatic carbocycles. The summed E-state index contributed by atoms with van der Waals surface area (Å²) in [4.78, 5) is 1.77. The number of nitrogens with zero attached hydrogens (tertiary/aromatic N) is 1. The van der Waals surface area contributed by atoms with Gasteiger partial charge < -0.3 is 24.1 Å². The van der Waals surface area contributed by atoms with Gasteiger partial charge in [0.05, 0.1) is 18.0 Å². The molecule has 0 saturated heterocycles. The number of rotatable bonds is 4. The maximum Gasteiger partial charge on any atom is 0.501 e. The largest absolute Gasteiger partial charge is 0.501 e. The maximum absolute atomic E-state index is 11.3. The Bertz CT molecular complexity index is 558. The molecule has 0 fully saturated rings. The molecule has 0 amide bonds. The summed E-state index contributed by atoms with van der Waals surface area (Å²) >= 11 is 0. The number of aliphatic hydroxyl groups is 1. The molecule has 0 bridgehead atoms. The van der Waals surface area contributed by atoms with Gasteiger partial charge in [-0.25, -0.2) is 0 Å². The van der Waals surface area contributed by atoms with Crippen LogP contribution in [0.1, 0.15) is 6.92 Å². The molecule has 1 aromatic carbocycles. The minimum absolute atomic E-state index is 0.00360. The highest BCUT2D eigenvalue weighted by molar-refractivity contribution is 7.82. The fourth-order valence-electron chi connectivity index (χ4n) is 1.77. The Morgan fingerprint density at radius 2 is 2.00 bits per heavy atom. The third-order valence-corrected chi connectivity index (χ3v) is 3.33. The molecule has 0 radical (unpaired) electrons. The Morgan fingerprint density at radius 1 is 1.33 bits per heavy atom. The van der Waals surface area contributed by atoms with Gasteiger partial charge in [-0.05, 0) is 19.1 Å². The van der Waals surface area contributed by atoms with Crippen LogP contribution in [0, 0.1) is 0 Å². The van der Waals surface area contributed by atoms with Gasteiger partial charge in [0, 0.05) is 13.1 Å². The Balaban J connectivity index is 2.49. The predicted molar refractivity (Wildman–Crippen MR) is 66.0 cm³/mol. The first-order valence-corrected chi connectivity index (χ1v) is 6.74. The second-order valence-electron chi connectivity index (χ2n) is 3.71. The molecular weight excluding hydrogens is 260 g/mol. The zero-order valence-corrected chi connectivity index (χ0v) is 10.6. The lowest BCUT2D eigenvalue weighted by Crippen LogP contribution is -2.26. The lowest BCUT2D eigenvalue weighted by molar-refractivity contribution is 0.302. The minimum atomic E-state index is -4.08. The van der Waals surface area contributed by atoms with Crippen LogP contribution in [-0.4, -0.2) is 33.2 Å². The highest BCUT2D eigenvalue weighted by atomic mass is 32.3. The summed E-state index contributed by atoms with van der Waals surface area (Å²) in [5, 5.41) is 8.98. The number of fused-ring (bicyclic) bond motifs is 1. The van der Waals surface area contributed by atoms with Crippen molar-refractivity contribution in [1.82, 2.24) is 0 Å². The molecule has 0 spiro atoms. The number of aliphatic hydroxyl groups excluding tert-OH is 1. The molecule has 0 unspecified atom stereocenters. The fourth-order valence-corrected chi connectivity index (χ4v) is 2.55. The van der Waals surface area contributed by atoms with Crippen LogP contribution in [0.3, 0.4) is 0 Å². The van der Waals surface area contributed by atoms with E-state index >= 15 is 0 Å². The van der Waals surface area contributed by atoms with Crippen LogP contribution in [0.15, 0.2) is 12.1 Å². The first kappa shape index (κ1) is 12.8. The van der Waals surface area contributed by atoms with Gasteiger partial charge in [0.15, 0.2) is 0 Å². The monoisotopic (exact) mass is 274 g/mol. The van der Waals surface area contributed by atoms with Crippen molar-refractivity contribution in [2.24, 2.45) is 0 Å². The predicted octanol–water partition coefficient (Wildman–Crippen LogP) is 0.103. The van der Waals surface area contributed by atoms with Gasteiger partial charge in [-0.3, -0.25) is 0 Å². The zero-order valence-electron chi connectivity index (χ0n) is 9.79. The van der Waals surface area contributed by atoms with Crippen molar-refractivity contribution in [1.29, 1.82) is 0 Å². The van der Waals surface area contributed by atoms with Gasteiger partial charge in [-0.15, -0.1) is 8.42 Å². The van der Waals surface area contributed by atoms with Gasteiger partial charge in [-0.1, -0.05) is 0 Å².